The summed E-state index contributed by atoms with van der Waals surface area (Å²) < 4.78 is 10.2. The van der Waals surface area contributed by atoms with E-state index in [-0.39, 0.29) is 11.8 Å². The van der Waals surface area contributed by atoms with Crippen molar-refractivity contribution in [1.29, 1.82) is 5.26 Å². The number of ether oxygens (including phenoxy) is 2. The molecular formula is C18H22N4O3. The van der Waals surface area contributed by atoms with Crippen molar-refractivity contribution in [3.63, 3.8) is 0 Å². The van der Waals surface area contributed by atoms with E-state index in [4.69, 9.17) is 9.47 Å². The van der Waals surface area contributed by atoms with Gasteiger partial charge in [-0.05, 0) is 32.4 Å². The molecule has 25 heavy (non-hydrogen) atoms. The van der Waals surface area contributed by atoms with Gasteiger partial charge in [-0.15, -0.1) is 0 Å². The van der Waals surface area contributed by atoms with Crippen molar-refractivity contribution in [1.82, 2.24) is 9.97 Å². The zero-order valence-corrected chi connectivity index (χ0v) is 14.7. The van der Waals surface area contributed by atoms with Crippen LogP contribution in [-0.4, -0.2) is 42.3 Å². The first-order valence-corrected chi connectivity index (χ1v) is 8.16. The number of rotatable bonds is 8. The predicted octanol–water partition coefficient (Wildman–Crippen LogP) is 2.64. The van der Waals surface area contributed by atoms with Gasteiger partial charge >= 0.3 is 5.97 Å². The minimum atomic E-state index is -1.13. The molecule has 0 radical (unpaired) electrons. The topological polar surface area (TPSA) is 97.1 Å². The highest BCUT2D eigenvalue weighted by atomic mass is 16.5. The van der Waals surface area contributed by atoms with Crippen molar-refractivity contribution < 1.29 is 14.3 Å². The summed E-state index contributed by atoms with van der Waals surface area (Å²) in [6, 6.07) is 9.26. The average molecular weight is 342 g/mol. The molecule has 0 saturated carbocycles. The van der Waals surface area contributed by atoms with Crippen LogP contribution < -0.4 is 5.32 Å². The second-order valence-corrected chi connectivity index (χ2v) is 5.73. The smallest absolute Gasteiger partial charge is 0.329 e. The molecule has 132 valence electrons. The number of aromatic nitrogens is 2. The molecule has 1 aromatic carbocycles. The molecule has 0 amide bonds. The normalized spacial score (nSPS) is 12.0. The molecule has 7 nitrogen and oxygen atoms in total. The Morgan fingerprint density at radius 2 is 1.96 bits per heavy atom. The summed E-state index contributed by atoms with van der Waals surface area (Å²) in [5, 5.41) is 12.5. The summed E-state index contributed by atoms with van der Waals surface area (Å²) in [5.41, 5.74) is 1.59. The van der Waals surface area contributed by atoms with Crippen LogP contribution in [0, 0.1) is 11.3 Å². The molecule has 1 N–H and O–H groups in total. The van der Waals surface area contributed by atoms with Crippen molar-refractivity contribution >= 4 is 22.8 Å². The number of para-hydroxylation sites is 2. The van der Waals surface area contributed by atoms with Gasteiger partial charge in [0.15, 0.2) is 11.7 Å². The highest BCUT2D eigenvalue weighted by Crippen LogP contribution is 2.25. The van der Waals surface area contributed by atoms with E-state index in [1.54, 1.807) is 6.07 Å². The van der Waals surface area contributed by atoms with Crippen molar-refractivity contribution in [3.8, 4) is 6.07 Å². The van der Waals surface area contributed by atoms with Gasteiger partial charge in [0.2, 0.25) is 0 Å². The maximum Gasteiger partial charge on any atom is 0.329 e. The van der Waals surface area contributed by atoms with E-state index in [9.17, 15) is 10.1 Å². The van der Waals surface area contributed by atoms with E-state index in [2.05, 4.69) is 15.3 Å². The Balaban J connectivity index is 2.27. The third-order valence-corrected chi connectivity index (χ3v) is 3.50. The third-order valence-electron chi connectivity index (χ3n) is 3.50. The summed E-state index contributed by atoms with van der Waals surface area (Å²) in [6.07, 6.45) is 0.944. The average Bonchev–Trinajstić information content (AvgIpc) is 2.61. The van der Waals surface area contributed by atoms with Crippen LogP contribution in [0.4, 0.5) is 5.82 Å². The van der Waals surface area contributed by atoms with Crippen LogP contribution in [0.25, 0.3) is 11.0 Å². The number of carbonyl (C=O) groups is 1. The molecular weight excluding hydrogens is 320 g/mol. The van der Waals surface area contributed by atoms with E-state index < -0.39 is 11.9 Å². The maximum atomic E-state index is 11.9. The number of carbonyl (C=O) groups excluding carboxylic acids is 1. The molecule has 0 spiro atoms. The molecule has 0 aliphatic carbocycles. The van der Waals surface area contributed by atoms with E-state index in [1.165, 1.54) is 7.11 Å². The number of methoxy groups -OCH3 is 1. The minimum absolute atomic E-state index is 0.179. The lowest BCUT2D eigenvalue weighted by Gasteiger charge is -2.14. The van der Waals surface area contributed by atoms with Gasteiger partial charge in [-0.25, -0.2) is 9.97 Å². The van der Waals surface area contributed by atoms with Gasteiger partial charge in [-0.1, -0.05) is 12.1 Å². The molecule has 1 aromatic heterocycles. The summed E-state index contributed by atoms with van der Waals surface area (Å²) >= 11 is 0. The lowest BCUT2D eigenvalue weighted by atomic mass is 10.1. The van der Waals surface area contributed by atoms with Gasteiger partial charge in [0.1, 0.15) is 5.69 Å². The van der Waals surface area contributed by atoms with Gasteiger partial charge < -0.3 is 14.8 Å². The SMILES string of the molecule is COC(=O)[C@@H](C#N)c1nc2ccccc2nc1NCCCOC(C)C. The predicted molar refractivity (Wildman–Crippen MR) is 94.1 cm³/mol. The molecule has 0 saturated heterocycles. The number of nitrogens with zero attached hydrogens (tertiary/aromatic N) is 3. The Morgan fingerprint density at radius 3 is 2.56 bits per heavy atom. The Kier molecular flexibility index (Phi) is 6.66. The summed E-state index contributed by atoms with van der Waals surface area (Å²) in [7, 11) is 1.25. The molecule has 0 bridgehead atoms. The van der Waals surface area contributed by atoms with Crippen molar-refractivity contribution in [2.45, 2.75) is 32.3 Å². The van der Waals surface area contributed by atoms with Crippen LogP contribution >= 0.6 is 0 Å². The first kappa shape index (κ1) is 18.6. The molecule has 0 aliphatic heterocycles. The first-order valence-electron chi connectivity index (χ1n) is 8.16. The van der Waals surface area contributed by atoms with E-state index in [1.807, 2.05) is 38.1 Å². The van der Waals surface area contributed by atoms with Crippen LogP contribution in [0.15, 0.2) is 24.3 Å². The molecule has 2 aromatic rings. The molecule has 1 heterocycles. The highest BCUT2D eigenvalue weighted by molar-refractivity contribution is 5.84. The minimum Gasteiger partial charge on any atom is -0.468 e. The number of anilines is 1. The summed E-state index contributed by atoms with van der Waals surface area (Å²) in [4.78, 5) is 20.9. The van der Waals surface area contributed by atoms with Crippen molar-refractivity contribution in [2.75, 3.05) is 25.6 Å². The van der Waals surface area contributed by atoms with E-state index in [0.29, 0.717) is 30.0 Å². The molecule has 0 unspecified atom stereocenters. The lowest BCUT2D eigenvalue weighted by molar-refractivity contribution is -0.141. The monoisotopic (exact) mass is 342 g/mol. The fourth-order valence-electron chi connectivity index (χ4n) is 2.29. The van der Waals surface area contributed by atoms with Gasteiger partial charge in [-0.3, -0.25) is 4.79 Å². The Bertz CT molecular complexity index is 770. The maximum absolute atomic E-state index is 11.9. The van der Waals surface area contributed by atoms with Crippen molar-refractivity contribution in [2.24, 2.45) is 0 Å². The number of hydrogen-bond acceptors (Lipinski definition) is 7. The summed E-state index contributed by atoms with van der Waals surface area (Å²) in [6.45, 7) is 5.16. The second-order valence-electron chi connectivity index (χ2n) is 5.73. The number of esters is 1. The molecule has 0 aliphatic rings. The standard InChI is InChI=1S/C18H22N4O3/c1-12(2)25-10-6-9-20-17-16(13(11-19)18(23)24-3)21-14-7-4-5-8-15(14)22-17/h4-5,7-8,12-13H,6,9-10H2,1-3H3,(H,20,22)/t13-/m0/s1. The fourth-order valence-corrected chi connectivity index (χ4v) is 2.29. The zero-order chi connectivity index (χ0) is 18.2. The van der Waals surface area contributed by atoms with Crippen LogP contribution in [0.2, 0.25) is 0 Å². The molecule has 2 rings (SSSR count). The largest absolute Gasteiger partial charge is 0.468 e. The van der Waals surface area contributed by atoms with Crippen LogP contribution in [0.5, 0.6) is 0 Å². The van der Waals surface area contributed by atoms with Crippen LogP contribution in [0.1, 0.15) is 31.9 Å². The second kappa shape index (κ2) is 8.94. The number of fused-ring (bicyclic) bond motifs is 1. The van der Waals surface area contributed by atoms with E-state index >= 15 is 0 Å². The van der Waals surface area contributed by atoms with Crippen LogP contribution in [0.3, 0.4) is 0 Å². The Hall–Kier alpha value is -2.72. The van der Waals surface area contributed by atoms with Crippen LogP contribution in [-0.2, 0) is 14.3 Å². The number of hydrogen-bond donors (Lipinski definition) is 1. The summed E-state index contributed by atoms with van der Waals surface area (Å²) in [5.74, 6) is -1.37. The lowest BCUT2D eigenvalue weighted by Crippen LogP contribution is -2.18. The van der Waals surface area contributed by atoms with Crippen molar-refractivity contribution in [3.05, 3.63) is 30.0 Å². The van der Waals surface area contributed by atoms with Gasteiger partial charge in [0.05, 0.1) is 30.3 Å². The first-order chi connectivity index (χ1) is 12.1. The van der Waals surface area contributed by atoms with Gasteiger partial charge in [0, 0.05) is 13.2 Å². The zero-order valence-electron chi connectivity index (χ0n) is 14.7. The van der Waals surface area contributed by atoms with Gasteiger partial charge in [0.25, 0.3) is 0 Å². The number of nitrogens with one attached hydrogen (secondary N) is 1. The molecule has 7 heteroatoms. The number of benzene rings is 1. The fraction of sp³-hybridized carbons (Fsp3) is 0.444. The Morgan fingerprint density at radius 1 is 1.28 bits per heavy atom. The number of nitriles is 1. The highest BCUT2D eigenvalue weighted by Gasteiger charge is 2.27. The van der Waals surface area contributed by atoms with E-state index in [0.717, 1.165) is 6.42 Å². The Labute approximate surface area is 147 Å². The molecule has 1 atom stereocenters. The molecule has 0 fully saturated rings. The quantitative estimate of drug-likeness (QED) is 0.582. The van der Waals surface area contributed by atoms with Gasteiger partial charge in [-0.2, -0.15) is 5.26 Å². The third kappa shape index (κ3) is 4.88.